The van der Waals surface area contributed by atoms with E-state index in [9.17, 15) is 0 Å². The topological polar surface area (TPSA) is 62.3 Å². The van der Waals surface area contributed by atoms with Gasteiger partial charge in [0.2, 0.25) is 0 Å². The molecule has 2 rings (SSSR count). The first-order valence-electron chi connectivity index (χ1n) is 6.63. The van der Waals surface area contributed by atoms with E-state index in [2.05, 4.69) is 5.10 Å². The zero-order valence-electron chi connectivity index (χ0n) is 12.7. The third-order valence-corrected chi connectivity index (χ3v) is 4.00. The highest BCUT2D eigenvalue weighted by Crippen LogP contribution is 2.32. The largest absolute Gasteiger partial charge is 0.497 e. The molecular formula is C15H20ClN3O2. The van der Waals surface area contributed by atoms with Crippen molar-refractivity contribution >= 4 is 11.6 Å². The van der Waals surface area contributed by atoms with Gasteiger partial charge in [0.25, 0.3) is 0 Å². The molecule has 1 aromatic heterocycles. The van der Waals surface area contributed by atoms with E-state index in [1.54, 1.807) is 18.9 Å². The normalized spacial score (nSPS) is 12.3. The molecule has 2 N–H and O–H groups in total. The predicted octanol–water partition coefficient (Wildman–Crippen LogP) is 2.64. The molecule has 5 nitrogen and oxygen atoms in total. The summed E-state index contributed by atoms with van der Waals surface area (Å²) in [6.45, 7) is 1.93. The molecule has 0 aliphatic carbocycles. The molecular weight excluding hydrogens is 290 g/mol. The van der Waals surface area contributed by atoms with Gasteiger partial charge in [-0.25, -0.2) is 0 Å². The summed E-state index contributed by atoms with van der Waals surface area (Å²) < 4.78 is 12.3. The van der Waals surface area contributed by atoms with Crippen molar-refractivity contribution in [2.24, 2.45) is 12.8 Å². The van der Waals surface area contributed by atoms with Crippen LogP contribution in [0.4, 0.5) is 0 Å². The van der Waals surface area contributed by atoms with Gasteiger partial charge in [-0.3, -0.25) is 4.68 Å². The van der Waals surface area contributed by atoms with Gasteiger partial charge in [0.1, 0.15) is 16.7 Å². The number of hydrogen-bond acceptors (Lipinski definition) is 4. The Labute approximate surface area is 129 Å². The quantitative estimate of drug-likeness (QED) is 0.922. The van der Waals surface area contributed by atoms with Crippen molar-refractivity contribution in [3.63, 3.8) is 0 Å². The maximum atomic E-state index is 6.34. The molecule has 0 aliphatic rings. The minimum Gasteiger partial charge on any atom is -0.497 e. The van der Waals surface area contributed by atoms with E-state index in [0.717, 1.165) is 28.3 Å². The Balaban J connectivity index is 2.33. The maximum Gasteiger partial charge on any atom is 0.130 e. The molecule has 0 amide bonds. The first kappa shape index (κ1) is 15.7. The molecule has 1 unspecified atom stereocenters. The SMILES string of the molecule is COc1ccc(OC)c(C(N)Cc2c(C)nn(C)c2Cl)c1. The fourth-order valence-corrected chi connectivity index (χ4v) is 2.62. The highest BCUT2D eigenvalue weighted by Gasteiger charge is 2.19. The Morgan fingerprint density at radius 2 is 2.05 bits per heavy atom. The van der Waals surface area contributed by atoms with E-state index in [1.165, 1.54) is 0 Å². The van der Waals surface area contributed by atoms with Crippen LogP contribution in [0.15, 0.2) is 18.2 Å². The Morgan fingerprint density at radius 3 is 2.57 bits per heavy atom. The number of nitrogens with zero attached hydrogens (tertiary/aromatic N) is 2. The van der Waals surface area contributed by atoms with Crippen LogP contribution in [0.3, 0.4) is 0 Å². The second-order valence-corrected chi connectivity index (χ2v) is 5.25. The minimum absolute atomic E-state index is 0.254. The van der Waals surface area contributed by atoms with Gasteiger partial charge >= 0.3 is 0 Å². The molecule has 21 heavy (non-hydrogen) atoms. The van der Waals surface area contributed by atoms with Crippen molar-refractivity contribution in [3.05, 3.63) is 40.2 Å². The van der Waals surface area contributed by atoms with Gasteiger partial charge in [0.15, 0.2) is 0 Å². The summed E-state index contributed by atoms with van der Waals surface area (Å²) >= 11 is 6.27. The summed E-state index contributed by atoms with van der Waals surface area (Å²) in [6, 6.07) is 5.34. The first-order valence-corrected chi connectivity index (χ1v) is 7.01. The van der Waals surface area contributed by atoms with Crippen LogP contribution in [0.25, 0.3) is 0 Å². The van der Waals surface area contributed by atoms with Crippen molar-refractivity contribution in [1.82, 2.24) is 9.78 Å². The van der Waals surface area contributed by atoms with Gasteiger partial charge in [0, 0.05) is 24.2 Å². The van der Waals surface area contributed by atoms with Gasteiger partial charge in [-0.15, -0.1) is 0 Å². The number of halogens is 1. The third kappa shape index (κ3) is 3.14. The first-order chi connectivity index (χ1) is 9.97. The van der Waals surface area contributed by atoms with Crippen molar-refractivity contribution in [3.8, 4) is 11.5 Å². The summed E-state index contributed by atoms with van der Waals surface area (Å²) in [7, 11) is 5.07. The molecule has 0 aliphatic heterocycles. The van der Waals surface area contributed by atoms with Crippen LogP contribution in [0.2, 0.25) is 5.15 Å². The van der Waals surface area contributed by atoms with Gasteiger partial charge in [-0.1, -0.05) is 11.6 Å². The molecule has 1 atom stereocenters. The number of benzene rings is 1. The van der Waals surface area contributed by atoms with E-state index < -0.39 is 0 Å². The van der Waals surface area contributed by atoms with Crippen LogP contribution in [-0.2, 0) is 13.5 Å². The van der Waals surface area contributed by atoms with Gasteiger partial charge in [-0.05, 0) is 31.5 Å². The standard InChI is InChI=1S/C15H20ClN3O2/c1-9-11(15(16)19(2)18-9)8-13(17)12-7-10(20-3)5-6-14(12)21-4/h5-7,13H,8,17H2,1-4H3. The number of hydrogen-bond donors (Lipinski definition) is 1. The summed E-state index contributed by atoms with van der Waals surface area (Å²) in [5.41, 5.74) is 9.07. The zero-order valence-corrected chi connectivity index (χ0v) is 13.4. The second-order valence-electron chi connectivity index (χ2n) is 4.90. The number of nitrogens with two attached hydrogens (primary N) is 1. The van der Waals surface area contributed by atoms with Crippen molar-refractivity contribution in [1.29, 1.82) is 0 Å². The second kappa shape index (κ2) is 6.37. The lowest BCUT2D eigenvalue weighted by atomic mass is 9.99. The molecule has 114 valence electrons. The number of aryl methyl sites for hydroxylation is 2. The lowest BCUT2D eigenvalue weighted by Gasteiger charge is -2.17. The maximum absolute atomic E-state index is 6.34. The highest BCUT2D eigenvalue weighted by molar-refractivity contribution is 6.30. The number of methoxy groups -OCH3 is 2. The summed E-state index contributed by atoms with van der Waals surface area (Å²) in [5.74, 6) is 1.48. The van der Waals surface area contributed by atoms with Crippen LogP contribution in [0, 0.1) is 6.92 Å². The van der Waals surface area contributed by atoms with Crippen LogP contribution in [0.5, 0.6) is 11.5 Å². The summed E-state index contributed by atoms with van der Waals surface area (Å²) in [6.07, 6.45) is 0.585. The third-order valence-electron chi connectivity index (χ3n) is 3.53. The lowest BCUT2D eigenvalue weighted by Crippen LogP contribution is -2.15. The van der Waals surface area contributed by atoms with Crippen LogP contribution < -0.4 is 15.2 Å². The van der Waals surface area contributed by atoms with Gasteiger partial charge < -0.3 is 15.2 Å². The Hall–Kier alpha value is -1.72. The molecule has 0 radical (unpaired) electrons. The van der Waals surface area contributed by atoms with Crippen LogP contribution >= 0.6 is 11.6 Å². The zero-order chi connectivity index (χ0) is 15.6. The molecule has 0 fully saturated rings. The molecule has 0 bridgehead atoms. The average molecular weight is 310 g/mol. The number of ether oxygens (including phenoxy) is 2. The van der Waals surface area contributed by atoms with E-state index in [-0.39, 0.29) is 6.04 Å². The molecule has 0 spiro atoms. The fourth-order valence-electron chi connectivity index (χ4n) is 2.36. The number of rotatable bonds is 5. The van der Waals surface area contributed by atoms with Crippen molar-refractivity contribution in [2.75, 3.05) is 14.2 Å². The predicted molar refractivity (Wildman–Crippen MR) is 83.1 cm³/mol. The molecule has 0 saturated carbocycles. The van der Waals surface area contributed by atoms with Gasteiger partial charge in [0.05, 0.1) is 19.9 Å². The van der Waals surface area contributed by atoms with Crippen molar-refractivity contribution < 1.29 is 9.47 Å². The average Bonchev–Trinajstić information content (AvgIpc) is 2.72. The Kier molecular flexibility index (Phi) is 4.75. The molecule has 1 aromatic carbocycles. The molecule has 6 heteroatoms. The monoisotopic (exact) mass is 309 g/mol. The fraction of sp³-hybridized carbons (Fsp3) is 0.400. The van der Waals surface area contributed by atoms with E-state index in [0.29, 0.717) is 11.6 Å². The van der Waals surface area contributed by atoms with E-state index in [1.807, 2.05) is 32.2 Å². The summed E-state index contributed by atoms with van der Waals surface area (Å²) in [4.78, 5) is 0. The molecule has 2 aromatic rings. The summed E-state index contributed by atoms with van der Waals surface area (Å²) in [5, 5.41) is 4.92. The van der Waals surface area contributed by atoms with E-state index in [4.69, 9.17) is 26.8 Å². The van der Waals surface area contributed by atoms with E-state index >= 15 is 0 Å². The van der Waals surface area contributed by atoms with Crippen LogP contribution in [0.1, 0.15) is 22.9 Å². The molecule has 1 heterocycles. The van der Waals surface area contributed by atoms with Crippen LogP contribution in [-0.4, -0.2) is 24.0 Å². The minimum atomic E-state index is -0.254. The van der Waals surface area contributed by atoms with Crippen molar-refractivity contribution in [2.45, 2.75) is 19.4 Å². The Bertz CT molecular complexity index is 640. The van der Waals surface area contributed by atoms with Gasteiger partial charge in [-0.2, -0.15) is 5.10 Å². The smallest absolute Gasteiger partial charge is 0.130 e. The number of aromatic nitrogens is 2. The molecule has 0 saturated heterocycles. The lowest BCUT2D eigenvalue weighted by molar-refractivity contribution is 0.395. The Morgan fingerprint density at radius 1 is 1.33 bits per heavy atom. The highest BCUT2D eigenvalue weighted by atomic mass is 35.5.